The van der Waals surface area contributed by atoms with Crippen molar-refractivity contribution in [2.24, 2.45) is 5.41 Å². The number of aryl methyl sites for hydroxylation is 2. The molecule has 0 bridgehead atoms. The minimum atomic E-state index is 0.272. The van der Waals surface area contributed by atoms with Gasteiger partial charge in [-0.2, -0.15) is 0 Å². The fourth-order valence-electron chi connectivity index (χ4n) is 6.15. The van der Waals surface area contributed by atoms with E-state index in [1.165, 1.54) is 40.6 Å². The summed E-state index contributed by atoms with van der Waals surface area (Å²) in [6.07, 6.45) is 11.7. The summed E-state index contributed by atoms with van der Waals surface area (Å²) in [5.41, 5.74) is 9.37. The van der Waals surface area contributed by atoms with E-state index in [4.69, 9.17) is 21.1 Å². The van der Waals surface area contributed by atoms with Crippen LogP contribution in [0.5, 0.6) is 0 Å². The van der Waals surface area contributed by atoms with Gasteiger partial charge in [-0.3, -0.25) is 9.97 Å². The first-order valence-corrected chi connectivity index (χ1v) is 13.3. The van der Waals surface area contributed by atoms with Gasteiger partial charge in [0.25, 0.3) is 0 Å². The van der Waals surface area contributed by atoms with Gasteiger partial charge >= 0.3 is 0 Å². The Labute approximate surface area is 216 Å². The average Bonchev–Trinajstić information content (AvgIpc) is 3.61. The standard InChI is InChI=1S/C30H29ClN4O/c1-18-13-19(2)33-26-6-5-22(14-24(18)26)35-11-8-30(9-12-35)15-21(16-30)27-28(23-7-10-32-17-25(23)31)34-36-29(27)20-3-4-20/h5-7,10,13-15,17,20H,3-4,8-9,11-12,16H2,1-2H3. The third kappa shape index (κ3) is 3.64. The molecule has 3 aromatic heterocycles. The Morgan fingerprint density at radius 2 is 1.89 bits per heavy atom. The zero-order valence-electron chi connectivity index (χ0n) is 20.7. The minimum Gasteiger partial charge on any atom is -0.371 e. The lowest BCUT2D eigenvalue weighted by atomic mass is 9.63. The maximum Gasteiger partial charge on any atom is 0.147 e. The van der Waals surface area contributed by atoms with Gasteiger partial charge in [-0.1, -0.05) is 22.8 Å². The molecule has 0 amide bonds. The average molecular weight is 497 g/mol. The molecule has 1 spiro atoms. The maximum absolute atomic E-state index is 6.50. The van der Waals surface area contributed by atoms with Crippen LogP contribution in [0.4, 0.5) is 5.69 Å². The van der Waals surface area contributed by atoms with Gasteiger partial charge in [-0.15, -0.1) is 0 Å². The molecule has 0 atom stereocenters. The van der Waals surface area contributed by atoms with Crippen molar-refractivity contribution in [2.75, 3.05) is 18.0 Å². The largest absolute Gasteiger partial charge is 0.371 e. The number of hydrogen-bond donors (Lipinski definition) is 0. The fourth-order valence-corrected chi connectivity index (χ4v) is 6.36. The van der Waals surface area contributed by atoms with Crippen molar-refractivity contribution in [2.45, 2.75) is 51.9 Å². The first-order chi connectivity index (χ1) is 17.5. The molecule has 7 rings (SSSR count). The van der Waals surface area contributed by atoms with Crippen LogP contribution in [0.15, 0.2) is 53.3 Å². The number of halogens is 1. The van der Waals surface area contributed by atoms with Crippen LogP contribution in [0, 0.1) is 19.3 Å². The monoisotopic (exact) mass is 496 g/mol. The van der Waals surface area contributed by atoms with Crippen molar-refractivity contribution in [1.29, 1.82) is 0 Å². The molecule has 2 fully saturated rings. The van der Waals surface area contributed by atoms with Crippen LogP contribution in [0.3, 0.4) is 0 Å². The summed E-state index contributed by atoms with van der Waals surface area (Å²) in [6.45, 7) is 6.37. The highest BCUT2D eigenvalue weighted by Gasteiger charge is 2.44. The van der Waals surface area contributed by atoms with E-state index in [1.54, 1.807) is 12.4 Å². The van der Waals surface area contributed by atoms with Gasteiger partial charge in [0.15, 0.2) is 0 Å². The molecular formula is C30H29ClN4O. The van der Waals surface area contributed by atoms with Gasteiger partial charge in [0, 0.05) is 59.3 Å². The summed E-state index contributed by atoms with van der Waals surface area (Å²) in [5, 5.41) is 6.37. The van der Waals surface area contributed by atoms with Crippen molar-refractivity contribution in [3.05, 3.63) is 76.4 Å². The highest BCUT2D eigenvalue weighted by molar-refractivity contribution is 6.33. The van der Waals surface area contributed by atoms with Crippen molar-refractivity contribution in [3.8, 4) is 11.3 Å². The van der Waals surface area contributed by atoms with Crippen molar-refractivity contribution in [3.63, 3.8) is 0 Å². The molecule has 1 saturated carbocycles. The normalized spacial score (nSPS) is 19.0. The number of piperidine rings is 1. The van der Waals surface area contributed by atoms with Crippen LogP contribution in [-0.2, 0) is 0 Å². The minimum absolute atomic E-state index is 0.272. The predicted octanol–water partition coefficient (Wildman–Crippen LogP) is 7.51. The number of pyridine rings is 2. The number of aromatic nitrogens is 3. The van der Waals surface area contributed by atoms with E-state index in [-0.39, 0.29) is 5.41 Å². The van der Waals surface area contributed by atoms with Crippen molar-refractivity contribution >= 4 is 33.8 Å². The van der Waals surface area contributed by atoms with E-state index in [9.17, 15) is 0 Å². The van der Waals surface area contributed by atoms with Crippen LogP contribution >= 0.6 is 11.6 Å². The number of allylic oxidation sites excluding steroid dienone is 2. The van der Waals surface area contributed by atoms with Crippen LogP contribution in [0.1, 0.15) is 60.6 Å². The van der Waals surface area contributed by atoms with Gasteiger partial charge in [-0.05, 0) is 92.8 Å². The lowest BCUT2D eigenvalue weighted by Gasteiger charge is -2.47. The Balaban J connectivity index is 1.14. The molecule has 1 aromatic carbocycles. The maximum atomic E-state index is 6.50. The second kappa shape index (κ2) is 8.17. The van der Waals surface area contributed by atoms with E-state index in [0.29, 0.717) is 10.9 Å². The molecular weight excluding hydrogens is 468 g/mol. The van der Waals surface area contributed by atoms with E-state index in [0.717, 1.165) is 60.6 Å². The van der Waals surface area contributed by atoms with Gasteiger partial charge in [0.2, 0.25) is 0 Å². The molecule has 4 heterocycles. The molecule has 5 nitrogen and oxygen atoms in total. The lowest BCUT2D eigenvalue weighted by Crippen LogP contribution is -2.42. The summed E-state index contributed by atoms with van der Waals surface area (Å²) in [7, 11) is 0. The topological polar surface area (TPSA) is 55.1 Å². The molecule has 182 valence electrons. The number of fused-ring (bicyclic) bond motifs is 1. The number of hydrogen-bond acceptors (Lipinski definition) is 5. The number of anilines is 1. The highest BCUT2D eigenvalue weighted by Crippen LogP contribution is 2.56. The zero-order valence-corrected chi connectivity index (χ0v) is 21.5. The van der Waals surface area contributed by atoms with Gasteiger partial charge in [0.1, 0.15) is 11.5 Å². The second-order valence-electron chi connectivity index (χ2n) is 10.9. The Hall–Kier alpha value is -3.18. The molecule has 1 saturated heterocycles. The summed E-state index contributed by atoms with van der Waals surface area (Å²) in [5.74, 6) is 1.54. The smallest absolute Gasteiger partial charge is 0.147 e. The summed E-state index contributed by atoms with van der Waals surface area (Å²) in [4.78, 5) is 11.4. The third-order valence-corrected chi connectivity index (χ3v) is 8.59. The Kier molecular flexibility index (Phi) is 5.00. The van der Waals surface area contributed by atoms with Crippen LogP contribution in [0.2, 0.25) is 5.02 Å². The third-order valence-electron chi connectivity index (χ3n) is 8.29. The number of benzene rings is 1. The van der Waals surface area contributed by atoms with Gasteiger partial charge in [0.05, 0.1) is 10.5 Å². The SMILES string of the molecule is Cc1cc(C)c2cc(N3CCC4(C=C(c5c(-c6ccncc6Cl)noc5C5CC5)C4)CC3)ccc2n1. The molecule has 1 aliphatic heterocycles. The van der Waals surface area contributed by atoms with Gasteiger partial charge < -0.3 is 9.42 Å². The number of nitrogens with zero attached hydrogens (tertiary/aromatic N) is 4. The van der Waals surface area contributed by atoms with Crippen molar-refractivity contribution < 1.29 is 4.52 Å². The summed E-state index contributed by atoms with van der Waals surface area (Å²) >= 11 is 6.50. The van der Waals surface area contributed by atoms with E-state index < -0.39 is 0 Å². The van der Waals surface area contributed by atoms with E-state index in [1.807, 2.05) is 6.07 Å². The second-order valence-corrected chi connectivity index (χ2v) is 11.3. The first kappa shape index (κ1) is 22.1. The van der Waals surface area contributed by atoms with Crippen LogP contribution in [-0.4, -0.2) is 28.2 Å². The van der Waals surface area contributed by atoms with E-state index in [2.05, 4.69) is 59.2 Å². The van der Waals surface area contributed by atoms with Gasteiger partial charge in [-0.25, -0.2) is 0 Å². The molecule has 4 aromatic rings. The Morgan fingerprint density at radius 1 is 1.08 bits per heavy atom. The van der Waals surface area contributed by atoms with Crippen LogP contribution < -0.4 is 4.90 Å². The summed E-state index contributed by atoms with van der Waals surface area (Å²) in [6, 6.07) is 10.8. The molecule has 2 aliphatic carbocycles. The molecule has 0 radical (unpaired) electrons. The Bertz CT molecular complexity index is 1530. The quantitative estimate of drug-likeness (QED) is 0.292. The van der Waals surface area contributed by atoms with Crippen molar-refractivity contribution in [1.82, 2.24) is 15.1 Å². The molecule has 36 heavy (non-hydrogen) atoms. The van der Waals surface area contributed by atoms with E-state index >= 15 is 0 Å². The zero-order chi connectivity index (χ0) is 24.4. The lowest BCUT2D eigenvalue weighted by molar-refractivity contribution is 0.277. The molecule has 0 N–H and O–H groups in total. The highest BCUT2D eigenvalue weighted by atomic mass is 35.5. The molecule has 3 aliphatic rings. The first-order valence-electron chi connectivity index (χ1n) is 12.9. The number of rotatable bonds is 4. The predicted molar refractivity (Wildman–Crippen MR) is 144 cm³/mol. The Morgan fingerprint density at radius 3 is 2.64 bits per heavy atom. The molecule has 0 unspecified atom stereocenters. The fraction of sp³-hybridized carbons (Fsp3) is 0.367. The molecule has 6 heteroatoms. The van der Waals surface area contributed by atoms with Crippen LogP contribution in [0.25, 0.3) is 27.7 Å². The summed E-state index contributed by atoms with van der Waals surface area (Å²) < 4.78 is 5.91.